The van der Waals surface area contributed by atoms with Crippen LogP contribution in [0, 0.1) is 13.8 Å². The van der Waals surface area contributed by atoms with Crippen molar-refractivity contribution in [3.8, 4) is 22.9 Å². The van der Waals surface area contributed by atoms with Crippen molar-refractivity contribution in [1.82, 2.24) is 29.7 Å². The molecule has 0 saturated heterocycles. The second-order valence-electron chi connectivity index (χ2n) is 7.52. The van der Waals surface area contributed by atoms with Gasteiger partial charge in [-0.15, -0.1) is 5.10 Å². The molecule has 0 aliphatic heterocycles. The summed E-state index contributed by atoms with van der Waals surface area (Å²) in [5.41, 5.74) is 3.77. The molecule has 0 atom stereocenters. The number of alkyl halides is 2. The highest BCUT2D eigenvalue weighted by atomic mass is 32.2. The number of rotatable bonds is 10. The first-order chi connectivity index (χ1) is 16.4. The Balaban J connectivity index is 1.48. The summed E-state index contributed by atoms with van der Waals surface area (Å²) in [6.45, 7) is 3.25. The SMILES string of the molecule is CCCCc1c(C)nc2nc(SCc3nc(-c4ccc(OC(F)F)c(OC)c4)no3)nn2c1C. The molecule has 0 spiro atoms. The molecule has 4 aromatic rings. The molecule has 0 fully saturated rings. The lowest BCUT2D eigenvalue weighted by atomic mass is 10.1. The van der Waals surface area contributed by atoms with E-state index in [1.165, 1.54) is 36.6 Å². The Morgan fingerprint density at radius 2 is 1.97 bits per heavy atom. The number of unbranched alkanes of at least 4 members (excludes halogenated alkanes) is 1. The van der Waals surface area contributed by atoms with E-state index in [4.69, 9.17) is 9.26 Å². The van der Waals surface area contributed by atoms with Gasteiger partial charge in [0, 0.05) is 17.0 Å². The number of hydrogen-bond donors (Lipinski definition) is 0. The normalized spacial score (nSPS) is 11.5. The van der Waals surface area contributed by atoms with E-state index in [9.17, 15) is 8.78 Å². The van der Waals surface area contributed by atoms with Gasteiger partial charge in [-0.3, -0.25) is 0 Å². The van der Waals surface area contributed by atoms with Crippen LogP contribution in [0.1, 0.15) is 42.6 Å². The zero-order chi connectivity index (χ0) is 24.2. The number of benzene rings is 1. The minimum Gasteiger partial charge on any atom is -0.493 e. The molecule has 0 aliphatic rings. The van der Waals surface area contributed by atoms with Gasteiger partial charge in [-0.1, -0.05) is 30.3 Å². The van der Waals surface area contributed by atoms with Crippen molar-refractivity contribution >= 4 is 17.5 Å². The minimum atomic E-state index is -2.95. The van der Waals surface area contributed by atoms with Gasteiger partial charge >= 0.3 is 6.61 Å². The maximum Gasteiger partial charge on any atom is 0.387 e. The molecule has 0 unspecified atom stereocenters. The van der Waals surface area contributed by atoms with Crippen molar-refractivity contribution in [2.24, 2.45) is 0 Å². The summed E-state index contributed by atoms with van der Waals surface area (Å²) >= 11 is 1.36. The third kappa shape index (κ3) is 5.11. The third-order valence-corrected chi connectivity index (χ3v) is 6.06. The fourth-order valence-electron chi connectivity index (χ4n) is 3.52. The number of nitrogens with zero attached hydrogens (tertiary/aromatic N) is 6. The molecule has 4 rings (SSSR count). The number of aryl methyl sites for hydroxylation is 2. The van der Waals surface area contributed by atoms with E-state index in [0.29, 0.717) is 34.0 Å². The second-order valence-corrected chi connectivity index (χ2v) is 8.46. The first-order valence-electron chi connectivity index (χ1n) is 10.7. The lowest BCUT2D eigenvalue weighted by Crippen LogP contribution is -2.05. The molecule has 3 aromatic heterocycles. The van der Waals surface area contributed by atoms with Crippen molar-refractivity contribution in [1.29, 1.82) is 0 Å². The summed E-state index contributed by atoms with van der Waals surface area (Å²) < 4.78 is 41.7. The van der Waals surface area contributed by atoms with Gasteiger partial charge in [-0.2, -0.15) is 18.7 Å². The standard InChI is InChI=1S/C22H24F2N6O3S/c1-5-6-7-15-12(2)25-21-27-22(28-30(21)13(15)3)34-11-18-26-19(29-33-18)14-8-9-16(32-20(23)24)17(10-14)31-4/h8-10,20H,5-7,11H2,1-4H3. The molecule has 0 N–H and O–H groups in total. The smallest absolute Gasteiger partial charge is 0.387 e. The van der Waals surface area contributed by atoms with Crippen LogP contribution in [0.25, 0.3) is 17.2 Å². The van der Waals surface area contributed by atoms with Gasteiger partial charge in [-0.05, 0) is 50.5 Å². The number of thioether (sulfide) groups is 1. The molecule has 180 valence electrons. The number of fused-ring (bicyclic) bond motifs is 1. The van der Waals surface area contributed by atoms with E-state index in [0.717, 1.165) is 30.7 Å². The molecule has 0 aliphatic carbocycles. The summed E-state index contributed by atoms with van der Waals surface area (Å²) in [6, 6.07) is 4.44. The van der Waals surface area contributed by atoms with Crippen LogP contribution < -0.4 is 9.47 Å². The van der Waals surface area contributed by atoms with Gasteiger partial charge in [0.15, 0.2) is 11.5 Å². The number of hydrogen-bond acceptors (Lipinski definition) is 9. The van der Waals surface area contributed by atoms with E-state index in [1.807, 2.05) is 13.8 Å². The van der Waals surface area contributed by atoms with Gasteiger partial charge in [0.2, 0.25) is 16.9 Å². The first kappa shape index (κ1) is 23.9. The van der Waals surface area contributed by atoms with Crippen LogP contribution in [0.5, 0.6) is 11.5 Å². The summed E-state index contributed by atoms with van der Waals surface area (Å²) in [7, 11) is 1.36. The van der Waals surface area contributed by atoms with Crippen molar-refractivity contribution in [3.05, 3.63) is 41.0 Å². The lowest BCUT2D eigenvalue weighted by molar-refractivity contribution is -0.0512. The molecule has 0 radical (unpaired) electrons. The lowest BCUT2D eigenvalue weighted by Gasteiger charge is -2.10. The fourth-order valence-corrected chi connectivity index (χ4v) is 4.18. The average molecular weight is 491 g/mol. The minimum absolute atomic E-state index is 0.0737. The molecule has 12 heteroatoms. The fraction of sp³-hybridized carbons (Fsp3) is 0.409. The van der Waals surface area contributed by atoms with E-state index >= 15 is 0 Å². The summed E-state index contributed by atoms with van der Waals surface area (Å²) in [5.74, 6) is 1.65. The molecule has 9 nitrogen and oxygen atoms in total. The summed E-state index contributed by atoms with van der Waals surface area (Å²) in [4.78, 5) is 13.5. The highest BCUT2D eigenvalue weighted by molar-refractivity contribution is 7.98. The van der Waals surface area contributed by atoms with E-state index in [2.05, 4.69) is 36.9 Å². The highest BCUT2D eigenvalue weighted by Crippen LogP contribution is 2.33. The zero-order valence-corrected chi connectivity index (χ0v) is 20.0. The first-order valence-corrected chi connectivity index (χ1v) is 11.7. The maximum atomic E-state index is 12.5. The van der Waals surface area contributed by atoms with Crippen LogP contribution in [0.3, 0.4) is 0 Å². The van der Waals surface area contributed by atoms with Crippen LogP contribution in [-0.2, 0) is 12.2 Å². The van der Waals surface area contributed by atoms with Gasteiger partial charge in [0.05, 0.1) is 12.9 Å². The quantitative estimate of drug-likeness (QED) is 0.283. The van der Waals surface area contributed by atoms with Crippen LogP contribution in [-0.4, -0.2) is 43.4 Å². The van der Waals surface area contributed by atoms with Crippen molar-refractivity contribution in [2.45, 2.75) is 57.6 Å². The number of methoxy groups -OCH3 is 1. The summed E-state index contributed by atoms with van der Waals surface area (Å²) in [6.07, 6.45) is 3.17. The maximum absolute atomic E-state index is 12.5. The Labute approximate surface area is 198 Å². The largest absolute Gasteiger partial charge is 0.493 e. The van der Waals surface area contributed by atoms with Crippen molar-refractivity contribution in [2.75, 3.05) is 7.11 Å². The zero-order valence-electron chi connectivity index (χ0n) is 19.2. The number of aromatic nitrogens is 6. The van der Waals surface area contributed by atoms with Gasteiger partial charge < -0.3 is 14.0 Å². The molecular formula is C22H24F2N6O3S. The third-order valence-electron chi connectivity index (χ3n) is 5.24. The van der Waals surface area contributed by atoms with Crippen LogP contribution >= 0.6 is 11.8 Å². The Kier molecular flexibility index (Phi) is 7.25. The van der Waals surface area contributed by atoms with E-state index < -0.39 is 6.61 Å². The molecule has 34 heavy (non-hydrogen) atoms. The second kappa shape index (κ2) is 10.3. The van der Waals surface area contributed by atoms with Gasteiger partial charge in [0.1, 0.15) is 0 Å². The predicted molar refractivity (Wildman–Crippen MR) is 121 cm³/mol. The number of halogens is 2. The summed E-state index contributed by atoms with van der Waals surface area (Å²) in [5, 5.41) is 9.11. The predicted octanol–water partition coefficient (Wildman–Crippen LogP) is 5.04. The van der Waals surface area contributed by atoms with E-state index in [-0.39, 0.29) is 11.5 Å². The molecule has 3 heterocycles. The monoisotopic (exact) mass is 490 g/mol. The van der Waals surface area contributed by atoms with Crippen molar-refractivity contribution < 1.29 is 22.8 Å². The average Bonchev–Trinajstić information content (AvgIpc) is 3.44. The van der Waals surface area contributed by atoms with Crippen LogP contribution in [0.2, 0.25) is 0 Å². The Morgan fingerprint density at radius 3 is 2.71 bits per heavy atom. The molecule has 0 amide bonds. The Bertz CT molecular complexity index is 1290. The highest BCUT2D eigenvalue weighted by Gasteiger charge is 2.17. The topological polar surface area (TPSA) is 100 Å². The molecule has 1 aromatic carbocycles. The number of ether oxygens (including phenoxy) is 2. The molecule has 0 bridgehead atoms. The molecular weight excluding hydrogens is 466 g/mol. The Morgan fingerprint density at radius 1 is 1.15 bits per heavy atom. The van der Waals surface area contributed by atoms with Crippen molar-refractivity contribution in [3.63, 3.8) is 0 Å². The van der Waals surface area contributed by atoms with Gasteiger partial charge in [-0.25, -0.2) is 9.50 Å². The van der Waals surface area contributed by atoms with Gasteiger partial charge in [0.25, 0.3) is 5.78 Å². The van der Waals surface area contributed by atoms with Crippen LogP contribution in [0.15, 0.2) is 27.9 Å². The van der Waals surface area contributed by atoms with Crippen LogP contribution in [0.4, 0.5) is 8.78 Å². The van der Waals surface area contributed by atoms with E-state index in [1.54, 1.807) is 10.6 Å². The Hall–Kier alpha value is -3.28. The molecule has 0 saturated carbocycles.